The third-order valence-electron chi connectivity index (χ3n) is 6.72. The summed E-state index contributed by atoms with van der Waals surface area (Å²) in [6.45, 7) is 0.0766. The molecule has 3 aromatic carbocycles. The van der Waals surface area contributed by atoms with E-state index in [-0.39, 0.29) is 25.2 Å². The smallest absolute Gasteiger partial charge is 0.406 e. The van der Waals surface area contributed by atoms with E-state index < -0.39 is 35.0 Å². The molecular formula is C29H26F5N7O3. The zero-order chi connectivity index (χ0) is 31.5. The predicted molar refractivity (Wildman–Crippen MR) is 147 cm³/mol. The van der Waals surface area contributed by atoms with Crippen LogP contribution in [0.5, 0.6) is 5.75 Å². The molecule has 0 aliphatic carbocycles. The van der Waals surface area contributed by atoms with Crippen LogP contribution in [0.25, 0.3) is 5.69 Å². The molecule has 0 aliphatic heterocycles. The van der Waals surface area contributed by atoms with Crippen LogP contribution in [-0.2, 0) is 25.2 Å². The van der Waals surface area contributed by atoms with E-state index in [4.69, 9.17) is 0 Å². The fourth-order valence-electron chi connectivity index (χ4n) is 4.88. The lowest BCUT2D eigenvalue weighted by Gasteiger charge is -2.33. The zero-order valence-electron chi connectivity index (χ0n) is 23.2. The van der Waals surface area contributed by atoms with Crippen LogP contribution in [0.3, 0.4) is 0 Å². The van der Waals surface area contributed by atoms with Gasteiger partial charge in [0.2, 0.25) is 0 Å². The van der Waals surface area contributed by atoms with Crippen LogP contribution in [0.4, 0.5) is 22.0 Å². The van der Waals surface area contributed by atoms with Gasteiger partial charge in [-0.2, -0.15) is 10.2 Å². The minimum Gasteiger partial charge on any atom is -0.406 e. The van der Waals surface area contributed by atoms with Gasteiger partial charge in [0, 0.05) is 24.7 Å². The Kier molecular flexibility index (Phi) is 8.60. The Morgan fingerprint density at radius 3 is 2.41 bits per heavy atom. The van der Waals surface area contributed by atoms with Gasteiger partial charge in [0.15, 0.2) is 0 Å². The first kappa shape index (κ1) is 30.6. The quantitative estimate of drug-likeness (QED) is 0.225. The molecule has 0 bridgehead atoms. The lowest BCUT2D eigenvalue weighted by atomic mass is 9.92. The molecule has 15 heteroatoms. The fraction of sp³-hybridized carbons (Fsp3) is 0.241. The lowest BCUT2D eigenvalue weighted by Crippen LogP contribution is -2.43. The van der Waals surface area contributed by atoms with Gasteiger partial charge < -0.3 is 9.84 Å². The second-order valence-corrected chi connectivity index (χ2v) is 10.2. The number of alkyl halides is 3. The van der Waals surface area contributed by atoms with Gasteiger partial charge in [0.05, 0.1) is 18.8 Å². The Balaban J connectivity index is 1.28. The predicted octanol–water partition coefficient (Wildman–Crippen LogP) is 3.87. The van der Waals surface area contributed by atoms with Crippen molar-refractivity contribution in [2.75, 3.05) is 13.6 Å². The van der Waals surface area contributed by atoms with Crippen LogP contribution in [0.2, 0.25) is 0 Å². The molecule has 1 N–H and O–H groups in total. The van der Waals surface area contributed by atoms with Gasteiger partial charge in [-0.3, -0.25) is 4.90 Å². The molecular weight excluding hydrogens is 589 g/mol. The minimum atomic E-state index is -4.84. The lowest BCUT2D eigenvalue weighted by molar-refractivity contribution is -0.274. The topological polar surface area (TPSA) is 103 Å². The van der Waals surface area contributed by atoms with Crippen LogP contribution < -0.4 is 10.4 Å². The van der Waals surface area contributed by atoms with Crippen LogP contribution in [0, 0.1) is 11.6 Å². The van der Waals surface area contributed by atoms with Crippen LogP contribution >= 0.6 is 0 Å². The number of hydrogen-bond donors (Lipinski definition) is 1. The summed E-state index contributed by atoms with van der Waals surface area (Å²) in [4.78, 5) is 18.6. The Hall–Kier alpha value is -4.89. The van der Waals surface area contributed by atoms with Gasteiger partial charge in [0.1, 0.15) is 42.0 Å². The van der Waals surface area contributed by atoms with Crippen molar-refractivity contribution in [2.24, 2.45) is 0 Å². The zero-order valence-corrected chi connectivity index (χ0v) is 23.2. The SMILES string of the molecule is CN(Cc1ccc(-n2cnn(Cc3cccc(OC(F)(F)F)c3)c2=O)cc1)CC(O)(Cn1cncn1)c1ccc(F)cc1F. The van der Waals surface area contributed by atoms with Gasteiger partial charge in [-0.15, -0.1) is 13.2 Å². The highest BCUT2D eigenvalue weighted by molar-refractivity contribution is 5.35. The molecule has 230 valence electrons. The van der Waals surface area contributed by atoms with Crippen LogP contribution in [-0.4, -0.2) is 59.1 Å². The number of aliphatic hydroxyl groups is 1. The third-order valence-corrected chi connectivity index (χ3v) is 6.72. The molecule has 5 rings (SSSR count). The van der Waals surface area contributed by atoms with Crippen LogP contribution in [0.1, 0.15) is 16.7 Å². The maximum absolute atomic E-state index is 14.7. The minimum absolute atomic E-state index is 0.0431. The second kappa shape index (κ2) is 12.4. The van der Waals surface area contributed by atoms with Gasteiger partial charge in [-0.05, 0) is 48.5 Å². The monoisotopic (exact) mass is 615 g/mol. The van der Waals surface area contributed by atoms with Gasteiger partial charge in [-0.25, -0.2) is 32.5 Å². The van der Waals surface area contributed by atoms with E-state index in [0.29, 0.717) is 23.9 Å². The molecule has 0 amide bonds. The largest absolute Gasteiger partial charge is 0.573 e. The van der Waals surface area contributed by atoms with Crippen molar-refractivity contribution in [1.29, 1.82) is 0 Å². The molecule has 0 aliphatic rings. The normalized spacial score (nSPS) is 13.3. The van der Waals surface area contributed by atoms with Crippen molar-refractivity contribution in [3.8, 4) is 11.4 Å². The number of nitrogens with zero attached hydrogens (tertiary/aromatic N) is 7. The first-order chi connectivity index (χ1) is 20.9. The first-order valence-electron chi connectivity index (χ1n) is 13.2. The molecule has 1 atom stereocenters. The number of rotatable bonds is 11. The van der Waals surface area contributed by atoms with Gasteiger partial charge in [0.25, 0.3) is 0 Å². The summed E-state index contributed by atoms with van der Waals surface area (Å²) < 4.78 is 73.7. The van der Waals surface area contributed by atoms with Gasteiger partial charge >= 0.3 is 12.1 Å². The van der Waals surface area contributed by atoms with Crippen molar-refractivity contribution >= 4 is 0 Å². The molecule has 0 saturated heterocycles. The summed E-state index contributed by atoms with van der Waals surface area (Å²) in [5, 5.41) is 19.7. The maximum atomic E-state index is 14.7. The standard InChI is InChI=1S/C29H26F5N7O3/c1-38(15-28(43,16-39-18-35-17-36-39)25-10-7-22(30)12-26(25)31)13-20-5-8-23(9-6-20)40-19-37-41(27(40)42)14-21-3-2-4-24(11-21)44-29(32,33)34/h2-12,17-19,43H,13-16H2,1H3. The maximum Gasteiger partial charge on any atom is 0.573 e. The number of aromatic nitrogens is 6. The van der Waals surface area contributed by atoms with Crippen molar-refractivity contribution < 1.29 is 31.8 Å². The van der Waals surface area contributed by atoms with E-state index in [2.05, 4.69) is 19.9 Å². The molecule has 0 fully saturated rings. The van der Waals surface area contributed by atoms with Crippen molar-refractivity contribution in [3.05, 3.63) is 125 Å². The Labute approximate surface area is 247 Å². The molecule has 0 spiro atoms. The van der Waals surface area contributed by atoms with E-state index in [9.17, 15) is 31.9 Å². The first-order valence-corrected chi connectivity index (χ1v) is 13.2. The summed E-state index contributed by atoms with van der Waals surface area (Å²) in [5.41, 5.74) is -0.676. The van der Waals surface area contributed by atoms with E-state index in [1.807, 2.05) is 0 Å². The second-order valence-electron chi connectivity index (χ2n) is 10.2. The molecule has 0 radical (unpaired) electrons. The third kappa shape index (κ3) is 7.36. The fourth-order valence-corrected chi connectivity index (χ4v) is 4.88. The molecule has 10 nitrogen and oxygen atoms in total. The number of likely N-dealkylation sites (N-methyl/N-ethyl adjacent to an activating group) is 1. The molecule has 0 saturated carbocycles. The summed E-state index contributed by atoms with van der Waals surface area (Å²) in [6.07, 6.45) is -0.861. The van der Waals surface area contributed by atoms with Crippen molar-refractivity contribution in [2.45, 2.75) is 31.6 Å². The molecule has 2 aromatic heterocycles. The molecule has 2 heterocycles. The Bertz CT molecular complexity index is 1770. The van der Waals surface area contributed by atoms with Crippen molar-refractivity contribution in [1.82, 2.24) is 34.0 Å². The number of halogens is 5. The molecule has 5 aromatic rings. The van der Waals surface area contributed by atoms with Crippen molar-refractivity contribution in [3.63, 3.8) is 0 Å². The Morgan fingerprint density at radius 1 is 0.955 bits per heavy atom. The Morgan fingerprint density at radius 2 is 1.73 bits per heavy atom. The average molecular weight is 616 g/mol. The average Bonchev–Trinajstić information content (AvgIpc) is 3.57. The van der Waals surface area contributed by atoms with E-state index in [1.54, 1.807) is 42.3 Å². The number of benzene rings is 3. The summed E-state index contributed by atoms with van der Waals surface area (Å²) in [7, 11) is 1.73. The summed E-state index contributed by atoms with van der Waals surface area (Å²) >= 11 is 0. The van der Waals surface area contributed by atoms with E-state index in [1.165, 1.54) is 46.4 Å². The highest BCUT2D eigenvalue weighted by atomic mass is 19.4. The summed E-state index contributed by atoms with van der Waals surface area (Å²) in [5.74, 6) is -2.06. The number of ether oxygens (including phenoxy) is 1. The van der Waals surface area contributed by atoms with E-state index >= 15 is 0 Å². The van der Waals surface area contributed by atoms with E-state index in [0.717, 1.165) is 22.4 Å². The highest BCUT2D eigenvalue weighted by Gasteiger charge is 2.35. The molecule has 1 unspecified atom stereocenters. The van der Waals surface area contributed by atoms with Crippen LogP contribution in [0.15, 0.2) is 90.5 Å². The van der Waals surface area contributed by atoms with Gasteiger partial charge in [-0.1, -0.05) is 30.3 Å². The highest BCUT2D eigenvalue weighted by Crippen LogP contribution is 2.28. The molecule has 44 heavy (non-hydrogen) atoms. The number of hydrogen-bond acceptors (Lipinski definition) is 7. The summed E-state index contributed by atoms with van der Waals surface area (Å²) in [6, 6.07) is 15.2.